The number of ether oxygens (including phenoxy) is 1. The molecule has 0 saturated heterocycles. The second-order valence-corrected chi connectivity index (χ2v) is 4.24. The van der Waals surface area contributed by atoms with Gasteiger partial charge >= 0.3 is 0 Å². The zero-order valence-corrected chi connectivity index (χ0v) is 8.73. The third kappa shape index (κ3) is 1.73. The molecular formula is C9H10N2O3S. The monoisotopic (exact) mass is 226 g/mol. The molecule has 0 atom stereocenters. The first-order chi connectivity index (χ1) is 7.24. The van der Waals surface area contributed by atoms with Gasteiger partial charge in [-0.15, -0.1) is 11.3 Å². The van der Waals surface area contributed by atoms with Crippen molar-refractivity contribution in [3.8, 4) is 0 Å². The Kier molecular flexibility index (Phi) is 2.70. The Morgan fingerprint density at radius 3 is 3.07 bits per heavy atom. The highest BCUT2D eigenvalue weighted by molar-refractivity contribution is 7.16. The predicted molar refractivity (Wildman–Crippen MR) is 55.9 cm³/mol. The van der Waals surface area contributed by atoms with Crippen molar-refractivity contribution in [3.05, 3.63) is 16.0 Å². The largest absolute Gasteiger partial charge is 0.376 e. The van der Waals surface area contributed by atoms with Crippen LogP contribution in [0.15, 0.2) is 0 Å². The molecule has 2 heterocycles. The quantitative estimate of drug-likeness (QED) is 0.736. The summed E-state index contributed by atoms with van der Waals surface area (Å²) in [7, 11) is 0. The summed E-state index contributed by atoms with van der Waals surface area (Å²) in [6.45, 7) is 1.07. The molecule has 0 aliphatic carbocycles. The maximum atomic E-state index is 11.3. The number of carbonyl (C=O) groups excluding carboxylic acids is 2. The number of carbonyl (C=O) groups is 2. The molecule has 0 saturated carbocycles. The lowest BCUT2D eigenvalue weighted by Gasteiger charge is -2.12. The molecule has 2 rings (SSSR count). The minimum absolute atomic E-state index is 0.436. The van der Waals surface area contributed by atoms with E-state index < -0.39 is 5.91 Å². The summed E-state index contributed by atoms with van der Waals surface area (Å²) in [5.41, 5.74) is 6.64. The van der Waals surface area contributed by atoms with Crippen molar-refractivity contribution in [2.24, 2.45) is 5.73 Å². The lowest BCUT2D eigenvalue weighted by Crippen LogP contribution is -2.17. The number of hydrogen-bond donors (Lipinski definition) is 2. The second-order valence-electron chi connectivity index (χ2n) is 3.14. The van der Waals surface area contributed by atoms with E-state index in [4.69, 9.17) is 10.5 Å². The van der Waals surface area contributed by atoms with Gasteiger partial charge in [0.1, 0.15) is 5.00 Å². The zero-order valence-electron chi connectivity index (χ0n) is 7.91. The molecule has 15 heavy (non-hydrogen) atoms. The molecule has 0 aromatic carbocycles. The molecule has 1 aliphatic heterocycles. The van der Waals surface area contributed by atoms with Gasteiger partial charge in [0.15, 0.2) is 0 Å². The number of primary amides is 1. The van der Waals surface area contributed by atoms with Crippen LogP contribution in [0.3, 0.4) is 0 Å². The van der Waals surface area contributed by atoms with Crippen molar-refractivity contribution in [2.45, 2.75) is 13.0 Å². The van der Waals surface area contributed by atoms with Gasteiger partial charge in [-0.2, -0.15) is 0 Å². The number of hydrogen-bond acceptors (Lipinski definition) is 4. The SMILES string of the molecule is NC(=O)c1c(NC=O)sc2c1CCOC2. The summed E-state index contributed by atoms with van der Waals surface area (Å²) in [5.74, 6) is -0.501. The third-order valence-corrected chi connectivity index (χ3v) is 3.39. The van der Waals surface area contributed by atoms with Crippen molar-refractivity contribution in [3.63, 3.8) is 0 Å². The van der Waals surface area contributed by atoms with E-state index in [1.807, 2.05) is 0 Å². The molecule has 5 nitrogen and oxygen atoms in total. The van der Waals surface area contributed by atoms with E-state index in [0.29, 0.717) is 36.6 Å². The van der Waals surface area contributed by atoms with E-state index in [1.165, 1.54) is 11.3 Å². The highest BCUT2D eigenvalue weighted by atomic mass is 32.1. The second kappa shape index (κ2) is 4.00. The molecule has 0 bridgehead atoms. The summed E-state index contributed by atoms with van der Waals surface area (Å²) in [6, 6.07) is 0. The zero-order chi connectivity index (χ0) is 10.8. The van der Waals surface area contributed by atoms with Gasteiger partial charge in [0.05, 0.1) is 18.8 Å². The van der Waals surface area contributed by atoms with E-state index in [0.717, 1.165) is 10.4 Å². The average molecular weight is 226 g/mol. The van der Waals surface area contributed by atoms with E-state index >= 15 is 0 Å². The lowest BCUT2D eigenvalue weighted by atomic mass is 10.1. The van der Waals surface area contributed by atoms with Crippen LogP contribution in [-0.2, 0) is 22.6 Å². The topological polar surface area (TPSA) is 81.4 Å². The number of nitrogens with one attached hydrogen (secondary N) is 1. The Morgan fingerprint density at radius 1 is 1.60 bits per heavy atom. The van der Waals surface area contributed by atoms with Crippen LogP contribution in [-0.4, -0.2) is 18.9 Å². The van der Waals surface area contributed by atoms with Gasteiger partial charge in [0.2, 0.25) is 6.41 Å². The molecule has 80 valence electrons. The van der Waals surface area contributed by atoms with E-state index in [2.05, 4.69) is 5.32 Å². The number of amides is 2. The third-order valence-electron chi connectivity index (χ3n) is 2.26. The Bertz CT molecular complexity index is 414. The number of rotatable bonds is 3. The Balaban J connectivity index is 2.50. The van der Waals surface area contributed by atoms with Gasteiger partial charge in [-0.1, -0.05) is 0 Å². The summed E-state index contributed by atoms with van der Waals surface area (Å²) in [5, 5.41) is 3.02. The fourth-order valence-electron chi connectivity index (χ4n) is 1.65. The summed E-state index contributed by atoms with van der Waals surface area (Å²) in [4.78, 5) is 22.6. The van der Waals surface area contributed by atoms with Gasteiger partial charge in [-0.05, 0) is 12.0 Å². The highest BCUT2D eigenvalue weighted by Gasteiger charge is 2.23. The number of thiophene rings is 1. The Hall–Kier alpha value is -1.40. The summed E-state index contributed by atoms with van der Waals surface area (Å²) < 4.78 is 5.26. The maximum Gasteiger partial charge on any atom is 0.251 e. The molecule has 1 aromatic heterocycles. The number of fused-ring (bicyclic) bond motifs is 1. The number of nitrogens with two attached hydrogens (primary N) is 1. The first-order valence-electron chi connectivity index (χ1n) is 4.46. The normalized spacial score (nSPS) is 14.4. The molecule has 6 heteroatoms. The minimum Gasteiger partial charge on any atom is -0.376 e. The van der Waals surface area contributed by atoms with Crippen molar-refractivity contribution in [2.75, 3.05) is 11.9 Å². The van der Waals surface area contributed by atoms with Crippen LogP contribution in [0.25, 0.3) is 0 Å². The van der Waals surface area contributed by atoms with E-state index in [-0.39, 0.29) is 0 Å². The van der Waals surface area contributed by atoms with E-state index in [1.54, 1.807) is 0 Å². The summed E-state index contributed by atoms with van der Waals surface area (Å²) >= 11 is 1.35. The van der Waals surface area contributed by atoms with Crippen LogP contribution in [0, 0.1) is 0 Å². The Labute approximate surface area is 90.2 Å². The molecule has 0 spiro atoms. The molecule has 0 unspecified atom stereocenters. The van der Waals surface area contributed by atoms with Crippen LogP contribution in [0.5, 0.6) is 0 Å². The smallest absolute Gasteiger partial charge is 0.251 e. The Morgan fingerprint density at radius 2 is 2.40 bits per heavy atom. The first kappa shape index (κ1) is 10.1. The van der Waals surface area contributed by atoms with Gasteiger partial charge in [0.25, 0.3) is 5.91 Å². The standard InChI is InChI=1S/C9H10N2O3S/c10-8(13)7-5-1-2-14-3-6(5)15-9(7)11-4-12/h4H,1-3H2,(H2,10,13)(H,11,12). The van der Waals surface area contributed by atoms with Gasteiger partial charge in [0, 0.05) is 4.88 Å². The molecule has 1 aliphatic rings. The van der Waals surface area contributed by atoms with Crippen molar-refractivity contribution < 1.29 is 14.3 Å². The molecule has 3 N–H and O–H groups in total. The van der Waals surface area contributed by atoms with Gasteiger partial charge in [-0.3, -0.25) is 9.59 Å². The predicted octanol–water partition coefficient (Wildman–Crippen LogP) is 0.488. The molecule has 0 fully saturated rings. The molecule has 2 amide bonds. The molecular weight excluding hydrogens is 216 g/mol. The fourth-order valence-corrected chi connectivity index (χ4v) is 2.80. The van der Waals surface area contributed by atoms with Crippen LogP contribution in [0.4, 0.5) is 5.00 Å². The van der Waals surface area contributed by atoms with Crippen LogP contribution < -0.4 is 11.1 Å². The lowest BCUT2D eigenvalue weighted by molar-refractivity contribution is -0.105. The van der Waals surface area contributed by atoms with Crippen molar-refractivity contribution >= 4 is 28.7 Å². The van der Waals surface area contributed by atoms with Crippen molar-refractivity contribution in [1.29, 1.82) is 0 Å². The summed E-state index contributed by atoms with van der Waals surface area (Å²) in [6.07, 6.45) is 1.22. The van der Waals surface area contributed by atoms with Gasteiger partial charge < -0.3 is 15.8 Å². The molecule has 1 aromatic rings. The molecule has 0 radical (unpaired) electrons. The van der Waals surface area contributed by atoms with Crippen LogP contribution in [0.2, 0.25) is 0 Å². The average Bonchev–Trinajstić information content (AvgIpc) is 2.56. The van der Waals surface area contributed by atoms with Gasteiger partial charge in [-0.25, -0.2) is 0 Å². The number of anilines is 1. The van der Waals surface area contributed by atoms with Crippen LogP contribution >= 0.6 is 11.3 Å². The first-order valence-corrected chi connectivity index (χ1v) is 5.28. The van der Waals surface area contributed by atoms with Crippen LogP contribution in [0.1, 0.15) is 20.8 Å². The maximum absolute atomic E-state index is 11.3. The van der Waals surface area contributed by atoms with E-state index in [9.17, 15) is 9.59 Å². The fraction of sp³-hybridized carbons (Fsp3) is 0.333. The van der Waals surface area contributed by atoms with Crippen molar-refractivity contribution in [1.82, 2.24) is 0 Å². The highest BCUT2D eigenvalue weighted by Crippen LogP contribution is 2.35. The minimum atomic E-state index is -0.501.